The number of ether oxygens (including phenoxy) is 2. The second kappa shape index (κ2) is 11.6. The molecular formula is C20H27FIN3O3. The first kappa shape index (κ1) is 23.8. The van der Waals surface area contributed by atoms with Crippen molar-refractivity contribution < 1.29 is 19.0 Å². The third-order valence-corrected chi connectivity index (χ3v) is 3.99. The SMILES string of the molecule is CCNC(=NCc1ccc(OC)c(O)c1)N(C)Cc1ccc(OC)c(F)c1.I. The quantitative estimate of drug-likeness (QED) is 0.342. The summed E-state index contributed by atoms with van der Waals surface area (Å²) in [5, 5.41) is 13.1. The molecule has 0 aliphatic carbocycles. The van der Waals surface area contributed by atoms with Crippen LogP contribution in [-0.2, 0) is 13.1 Å². The molecule has 2 aromatic carbocycles. The third-order valence-electron chi connectivity index (χ3n) is 3.99. The first-order valence-electron chi connectivity index (χ1n) is 8.66. The smallest absolute Gasteiger partial charge is 0.194 e. The van der Waals surface area contributed by atoms with Crippen molar-refractivity contribution in [1.29, 1.82) is 0 Å². The van der Waals surface area contributed by atoms with Crippen molar-refractivity contribution >= 4 is 29.9 Å². The second-order valence-corrected chi connectivity index (χ2v) is 6.00. The van der Waals surface area contributed by atoms with Gasteiger partial charge >= 0.3 is 0 Å². The lowest BCUT2D eigenvalue weighted by Gasteiger charge is -2.22. The van der Waals surface area contributed by atoms with Crippen LogP contribution in [0.3, 0.4) is 0 Å². The van der Waals surface area contributed by atoms with E-state index in [1.807, 2.05) is 31.0 Å². The van der Waals surface area contributed by atoms with Gasteiger partial charge in [-0.25, -0.2) is 9.38 Å². The molecule has 0 unspecified atom stereocenters. The van der Waals surface area contributed by atoms with E-state index in [0.717, 1.165) is 11.1 Å². The van der Waals surface area contributed by atoms with Gasteiger partial charge in [-0.3, -0.25) is 0 Å². The van der Waals surface area contributed by atoms with Crippen molar-refractivity contribution in [3.63, 3.8) is 0 Å². The molecule has 0 heterocycles. The molecule has 0 saturated carbocycles. The summed E-state index contributed by atoms with van der Waals surface area (Å²) in [6, 6.07) is 10.1. The predicted octanol–water partition coefficient (Wildman–Crippen LogP) is 3.76. The van der Waals surface area contributed by atoms with E-state index in [1.54, 1.807) is 18.2 Å². The van der Waals surface area contributed by atoms with Gasteiger partial charge in [0, 0.05) is 20.1 Å². The first-order chi connectivity index (χ1) is 13.0. The Hall–Kier alpha value is -2.23. The van der Waals surface area contributed by atoms with Crippen molar-refractivity contribution in [2.45, 2.75) is 20.0 Å². The molecule has 0 amide bonds. The summed E-state index contributed by atoms with van der Waals surface area (Å²) in [6.45, 7) is 3.56. The second-order valence-electron chi connectivity index (χ2n) is 6.00. The van der Waals surface area contributed by atoms with Crippen LogP contribution in [0, 0.1) is 5.82 Å². The van der Waals surface area contributed by atoms with Gasteiger partial charge in [0.2, 0.25) is 0 Å². The van der Waals surface area contributed by atoms with Crippen LogP contribution in [0.5, 0.6) is 17.2 Å². The normalized spacial score (nSPS) is 10.8. The highest BCUT2D eigenvalue weighted by atomic mass is 127. The summed E-state index contributed by atoms with van der Waals surface area (Å²) >= 11 is 0. The van der Waals surface area contributed by atoms with E-state index in [9.17, 15) is 9.50 Å². The number of phenols is 1. The lowest BCUT2D eigenvalue weighted by atomic mass is 10.2. The van der Waals surface area contributed by atoms with Crippen molar-refractivity contribution in [3.05, 3.63) is 53.3 Å². The van der Waals surface area contributed by atoms with E-state index in [2.05, 4.69) is 10.3 Å². The molecule has 2 aromatic rings. The van der Waals surface area contributed by atoms with Gasteiger partial charge in [0.05, 0.1) is 20.8 Å². The summed E-state index contributed by atoms with van der Waals surface area (Å²) in [4.78, 5) is 6.50. The topological polar surface area (TPSA) is 66.3 Å². The monoisotopic (exact) mass is 503 g/mol. The zero-order chi connectivity index (χ0) is 19.8. The zero-order valence-electron chi connectivity index (χ0n) is 16.5. The van der Waals surface area contributed by atoms with Gasteiger partial charge in [-0.1, -0.05) is 12.1 Å². The predicted molar refractivity (Wildman–Crippen MR) is 119 cm³/mol. The molecule has 0 bridgehead atoms. The van der Waals surface area contributed by atoms with Gasteiger partial charge in [-0.15, -0.1) is 24.0 Å². The van der Waals surface area contributed by atoms with E-state index >= 15 is 0 Å². The highest BCUT2D eigenvalue weighted by molar-refractivity contribution is 14.0. The molecular weight excluding hydrogens is 476 g/mol. The average molecular weight is 503 g/mol. The molecule has 0 aromatic heterocycles. The van der Waals surface area contributed by atoms with Gasteiger partial charge in [-0.05, 0) is 42.3 Å². The van der Waals surface area contributed by atoms with Crippen molar-refractivity contribution in [1.82, 2.24) is 10.2 Å². The number of benzene rings is 2. The third kappa shape index (κ3) is 6.43. The summed E-state index contributed by atoms with van der Waals surface area (Å²) in [5.41, 5.74) is 1.66. The number of halogens is 2. The number of hydrogen-bond donors (Lipinski definition) is 2. The van der Waals surface area contributed by atoms with Gasteiger partial charge in [0.25, 0.3) is 0 Å². The fraction of sp³-hybridized carbons (Fsp3) is 0.350. The number of methoxy groups -OCH3 is 2. The van der Waals surface area contributed by atoms with Crippen LogP contribution in [0.2, 0.25) is 0 Å². The Bertz CT molecular complexity index is 802. The minimum atomic E-state index is -0.390. The van der Waals surface area contributed by atoms with Gasteiger partial charge in [0.1, 0.15) is 0 Å². The molecule has 6 nitrogen and oxygen atoms in total. The van der Waals surface area contributed by atoms with E-state index < -0.39 is 0 Å². The molecule has 8 heteroatoms. The highest BCUT2D eigenvalue weighted by Gasteiger charge is 2.10. The first-order valence-corrected chi connectivity index (χ1v) is 8.66. The number of aliphatic imine (C=N–C) groups is 1. The van der Waals surface area contributed by atoms with Gasteiger partial charge in [-0.2, -0.15) is 0 Å². The average Bonchev–Trinajstić information content (AvgIpc) is 2.65. The number of rotatable bonds is 7. The highest BCUT2D eigenvalue weighted by Crippen LogP contribution is 2.26. The van der Waals surface area contributed by atoms with Crippen LogP contribution in [0.4, 0.5) is 4.39 Å². The molecule has 2 rings (SSSR count). The maximum absolute atomic E-state index is 13.9. The Morgan fingerprint density at radius 3 is 2.32 bits per heavy atom. The van der Waals surface area contributed by atoms with Crippen LogP contribution in [0.25, 0.3) is 0 Å². The molecule has 0 spiro atoms. The van der Waals surface area contributed by atoms with Crippen LogP contribution in [0.15, 0.2) is 41.4 Å². The largest absolute Gasteiger partial charge is 0.504 e. The van der Waals surface area contributed by atoms with Gasteiger partial charge < -0.3 is 24.8 Å². The van der Waals surface area contributed by atoms with Crippen LogP contribution >= 0.6 is 24.0 Å². The van der Waals surface area contributed by atoms with E-state index in [4.69, 9.17) is 9.47 Å². The van der Waals surface area contributed by atoms with Gasteiger partial charge in [0.15, 0.2) is 29.0 Å². The number of nitrogens with one attached hydrogen (secondary N) is 1. The molecule has 0 saturated heterocycles. The minimum absolute atomic E-state index is 0. The molecule has 0 aliphatic heterocycles. The summed E-state index contributed by atoms with van der Waals surface area (Å²) in [7, 11) is 4.83. The summed E-state index contributed by atoms with van der Waals surface area (Å²) < 4.78 is 23.9. The minimum Gasteiger partial charge on any atom is -0.504 e. The summed E-state index contributed by atoms with van der Waals surface area (Å²) in [6.07, 6.45) is 0. The zero-order valence-corrected chi connectivity index (χ0v) is 18.9. The van der Waals surface area contributed by atoms with Crippen molar-refractivity contribution in [2.24, 2.45) is 4.99 Å². The van der Waals surface area contributed by atoms with Crippen molar-refractivity contribution in [2.75, 3.05) is 27.8 Å². The molecule has 0 atom stereocenters. The molecule has 154 valence electrons. The maximum Gasteiger partial charge on any atom is 0.194 e. The Labute approximate surface area is 182 Å². The number of nitrogens with zero attached hydrogens (tertiary/aromatic N) is 2. The Balaban J connectivity index is 0.00000392. The van der Waals surface area contributed by atoms with E-state index in [0.29, 0.717) is 31.3 Å². The fourth-order valence-electron chi connectivity index (χ4n) is 2.63. The van der Waals surface area contributed by atoms with Crippen LogP contribution in [0.1, 0.15) is 18.1 Å². The molecule has 0 fully saturated rings. The van der Waals surface area contributed by atoms with E-state index in [1.165, 1.54) is 20.3 Å². The number of aromatic hydroxyl groups is 1. The molecule has 0 aliphatic rings. The lowest BCUT2D eigenvalue weighted by Crippen LogP contribution is -2.38. The summed E-state index contributed by atoms with van der Waals surface area (Å²) in [5.74, 6) is 1.02. The van der Waals surface area contributed by atoms with E-state index in [-0.39, 0.29) is 41.3 Å². The Morgan fingerprint density at radius 1 is 1.11 bits per heavy atom. The molecule has 0 radical (unpaired) electrons. The van der Waals surface area contributed by atoms with Crippen LogP contribution in [-0.4, -0.2) is 43.8 Å². The number of guanidine groups is 1. The molecule has 2 N–H and O–H groups in total. The fourth-order valence-corrected chi connectivity index (χ4v) is 2.63. The maximum atomic E-state index is 13.9. The van der Waals surface area contributed by atoms with Crippen LogP contribution < -0.4 is 14.8 Å². The molecule has 28 heavy (non-hydrogen) atoms. The Kier molecular flexibility index (Phi) is 9.84. The van der Waals surface area contributed by atoms with Crippen molar-refractivity contribution in [3.8, 4) is 17.2 Å². The standard InChI is InChI=1S/C20H26FN3O3.HI/c1-5-22-20(23-12-14-6-9-19(27-4)17(25)11-14)24(2)13-15-7-8-18(26-3)16(21)10-15;/h6-11,25H,5,12-13H2,1-4H3,(H,22,23);1H. The Morgan fingerprint density at radius 2 is 1.75 bits per heavy atom. The lowest BCUT2D eigenvalue weighted by molar-refractivity contribution is 0.373. The number of hydrogen-bond acceptors (Lipinski definition) is 4. The number of phenolic OH excluding ortho intramolecular Hbond substituents is 1.